The SMILES string of the molecule is Cc1ccc(CN2C(=O)[C@@](O)(CC(=O)/C=C\c3ccccc3)c3cc(Br)ccc32)cc1. The van der Waals surface area contributed by atoms with Gasteiger partial charge < -0.3 is 10.0 Å². The fourth-order valence-electron chi connectivity index (χ4n) is 3.79. The molecular weight excluding hydrogens is 454 g/mol. The van der Waals surface area contributed by atoms with E-state index in [2.05, 4.69) is 15.9 Å². The number of fused-ring (bicyclic) bond motifs is 1. The van der Waals surface area contributed by atoms with Crippen LogP contribution in [0.4, 0.5) is 5.69 Å². The van der Waals surface area contributed by atoms with Gasteiger partial charge in [-0.1, -0.05) is 82.2 Å². The molecule has 1 heterocycles. The normalized spacial score (nSPS) is 17.9. The minimum atomic E-state index is -1.90. The summed E-state index contributed by atoms with van der Waals surface area (Å²) in [6.45, 7) is 2.33. The number of allylic oxidation sites excluding steroid dienone is 1. The first-order chi connectivity index (χ1) is 14.9. The summed E-state index contributed by atoms with van der Waals surface area (Å²) in [5, 5.41) is 11.4. The van der Waals surface area contributed by atoms with Crippen LogP contribution in [0.25, 0.3) is 6.08 Å². The van der Waals surface area contributed by atoms with Crippen LogP contribution < -0.4 is 4.90 Å². The highest BCUT2D eigenvalue weighted by molar-refractivity contribution is 9.10. The van der Waals surface area contributed by atoms with Gasteiger partial charge in [0.1, 0.15) is 0 Å². The Kier molecular flexibility index (Phi) is 5.90. The molecule has 5 heteroatoms. The van der Waals surface area contributed by atoms with Crippen molar-refractivity contribution in [1.82, 2.24) is 0 Å². The van der Waals surface area contributed by atoms with Crippen LogP contribution in [0.15, 0.2) is 83.3 Å². The van der Waals surface area contributed by atoms with Crippen LogP contribution in [-0.2, 0) is 21.7 Å². The predicted molar refractivity (Wildman–Crippen MR) is 126 cm³/mol. The Morgan fingerprint density at radius 2 is 1.77 bits per heavy atom. The van der Waals surface area contributed by atoms with Gasteiger partial charge in [-0.3, -0.25) is 9.59 Å². The first kappa shape index (κ1) is 21.2. The summed E-state index contributed by atoms with van der Waals surface area (Å²) >= 11 is 3.42. The molecule has 0 unspecified atom stereocenters. The predicted octanol–water partition coefficient (Wildman–Crippen LogP) is 5.16. The first-order valence-electron chi connectivity index (χ1n) is 10.0. The molecule has 1 aliphatic rings. The van der Waals surface area contributed by atoms with Crippen molar-refractivity contribution in [2.24, 2.45) is 0 Å². The van der Waals surface area contributed by atoms with Crippen molar-refractivity contribution in [2.45, 2.75) is 25.5 Å². The van der Waals surface area contributed by atoms with Crippen molar-refractivity contribution in [3.05, 3.63) is 106 Å². The third kappa shape index (κ3) is 4.38. The van der Waals surface area contributed by atoms with E-state index in [1.54, 1.807) is 23.1 Å². The van der Waals surface area contributed by atoms with Gasteiger partial charge in [-0.2, -0.15) is 0 Å². The third-order valence-corrected chi connectivity index (χ3v) is 5.94. The van der Waals surface area contributed by atoms with Crippen LogP contribution in [0, 0.1) is 6.92 Å². The summed E-state index contributed by atoms with van der Waals surface area (Å²) in [7, 11) is 0. The van der Waals surface area contributed by atoms with E-state index < -0.39 is 11.5 Å². The molecule has 0 saturated heterocycles. The Bertz CT molecular complexity index is 1160. The summed E-state index contributed by atoms with van der Waals surface area (Å²) in [6, 6.07) is 22.7. The summed E-state index contributed by atoms with van der Waals surface area (Å²) in [5.41, 5.74) is 2.13. The van der Waals surface area contributed by atoms with Crippen LogP contribution in [0.5, 0.6) is 0 Å². The molecule has 0 aliphatic carbocycles. The van der Waals surface area contributed by atoms with Crippen molar-refractivity contribution in [1.29, 1.82) is 0 Å². The number of amides is 1. The van der Waals surface area contributed by atoms with Gasteiger partial charge in [-0.25, -0.2) is 0 Å². The van der Waals surface area contributed by atoms with E-state index in [0.29, 0.717) is 17.8 Å². The number of halogens is 1. The minimum absolute atomic E-state index is 0.316. The maximum atomic E-state index is 13.4. The molecule has 3 aromatic carbocycles. The lowest BCUT2D eigenvalue weighted by Gasteiger charge is -2.22. The van der Waals surface area contributed by atoms with Crippen LogP contribution >= 0.6 is 15.9 Å². The van der Waals surface area contributed by atoms with E-state index in [1.165, 1.54) is 6.08 Å². The highest BCUT2D eigenvalue weighted by atomic mass is 79.9. The lowest BCUT2D eigenvalue weighted by molar-refractivity contribution is -0.140. The van der Waals surface area contributed by atoms with E-state index in [-0.39, 0.29) is 12.2 Å². The molecule has 0 saturated carbocycles. The molecule has 0 spiro atoms. The van der Waals surface area contributed by atoms with Gasteiger partial charge in [0.05, 0.1) is 18.7 Å². The zero-order valence-corrected chi connectivity index (χ0v) is 18.7. The highest BCUT2D eigenvalue weighted by Crippen LogP contribution is 2.44. The number of aliphatic hydroxyl groups is 1. The molecule has 4 rings (SSSR count). The average Bonchev–Trinajstić information content (AvgIpc) is 2.96. The van der Waals surface area contributed by atoms with E-state index >= 15 is 0 Å². The van der Waals surface area contributed by atoms with E-state index in [9.17, 15) is 14.7 Å². The minimum Gasteiger partial charge on any atom is -0.375 e. The van der Waals surface area contributed by atoms with Gasteiger partial charge in [0.25, 0.3) is 5.91 Å². The van der Waals surface area contributed by atoms with Gasteiger partial charge in [-0.05, 0) is 42.3 Å². The molecule has 31 heavy (non-hydrogen) atoms. The molecule has 3 aromatic rings. The molecule has 1 amide bonds. The zero-order valence-electron chi connectivity index (χ0n) is 17.1. The molecule has 4 nitrogen and oxygen atoms in total. The molecule has 0 radical (unpaired) electrons. The fraction of sp³-hybridized carbons (Fsp3) is 0.154. The average molecular weight is 476 g/mol. The van der Waals surface area contributed by atoms with Gasteiger partial charge in [0.15, 0.2) is 11.4 Å². The van der Waals surface area contributed by atoms with Crippen molar-refractivity contribution in [3.8, 4) is 0 Å². The maximum absolute atomic E-state index is 13.4. The molecule has 156 valence electrons. The van der Waals surface area contributed by atoms with Gasteiger partial charge in [0.2, 0.25) is 0 Å². The van der Waals surface area contributed by atoms with Crippen molar-refractivity contribution in [2.75, 3.05) is 4.90 Å². The Balaban J connectivity index is 1.63. The van der Waals surface area contributed by atoms with Crippen molar-refractivity contribution in [3.63, 3.8) is 0 Å². The van der Waals surface area contributed by atoms with Crippen LogP contribution in [0.2, 0.25) is 0 Å². The molecule has 1 aliphatic heterocycles. The molecular formula is C26H22BrNO3. The maximum Gasteiger partial charge on any atom is 0.264 e. The number of anilines is 1. The monoisotopic (exact) mass is 475 g/mol. The van der Waals surface area contributed by atoms with Crippen LogP contribution in [0.3, 0.4) is 0 Å². The van der Waals surface area contributed by atoms with Gasteiger partial charge in [-0.15, -0.1) is 0 Å². The lowest BCUT2D eigenvalue weighted by atomic mass is 9.89. The Hall–Kier alpha value is -3.02. The second-order valence-corrected chi connectivity index (χ2v) is 8.70. The van der Waals surface area contributed by atoms with Gasteiger partial charge >= 0.3 is 0 Å². The molecule has 1 atom stereocenters. The number of aryl methyl sites for hydroxylation is 1. The Labute approximate surface area is 190 Å². The van der Waals surface area contributed by atoms with E-state index in [0.717, 1.165) is 21.2 Å². The molecule has 1 N–H and O–H groups in total. The van der Waals surface area contributed by atoms with Crippen LogP contribution in [0.1, 0.15) is 28.7 Å². The first-order valence-corrected chi connectivity index (χ1v) is 10.8. The highest BCUT2D eigenvalue weighted by Gasteiger charge is 2.50. The summed E-state index contributed by atoms with van der Waals surface area (Å²) in [4.78, 5) is 27.6. The second kappa shape index (κ2) is 8.61. The number of hydrogen-bond donors (Lipinski definition) is 1. The molecule has 0 aromatic heterocycles. The summed E-state index contributed by atoms with van der Waals surface area (Å²) < 4.78 is 0.738. The largest absolute Gasteiger partial charge is 0.375 e. The van der Waals surface area contributed by atoms with Crippen molar-refractivity contribution >= 4 is 39.4 Å². The van der Waals surface area contributed by atoms with E-state index in [1.807, 2.05) is 67.6 Å². The number of hydrogen-bond acceptors (Lipinski definition) is 3. The standard InChI is InChI=1S/C26H22BrNO3/c1-18-7-9-20(10-8-18)17-28-24-14-12-21(27)15-23(24)26(31,25(28)30)16-22(29)13-11-19-5-3-2-4-6-19/h2-15,31H,16-17H2,1H3/b13-11-/t26-/m1/s1. The quantitative estimate of drug-likeness (QED) is 0.500. The number of carbonyl (C=O) groups excluding carboxylic acids is 2. The van der Waals surface area contributed by atoms with Gasteiger partial charge in [0, 0.05) is 10.0 Å². The van der Waals surface area contributed by atoms with Crippen LogP contribution in [-0.4, -0.2) is 16.8 Å². The smallest absolute Gasteiger partial charge is 0.264 e. The zero-order chi connectivity index (χ0) is 22.0. The number of ketones is 1. The lowest BCUT2D eigenvalue weighted by Crippen LogP contribution is -2.41. The second-order valence-electron chi connectivity index (χ2n) is 7.79. The summed E-state index contributed by atoms with van der Waals surface area (Å²) in [6.07, 6.45) is 2.79. The number of benzene rings is 3. The Morgan fingerprint density at radius 3 is 2.48 bits per heavy atom. The Morgan fingerprint density at radius 1 is 1.06 bits per heavy atom. The fourth-order valence-corrected chi connectivity index (χ4v) is 4.15. The number of rotatable bonds is 6. The number of carbonyl (C=O) groups is 2. The van der Waals surface area contributed by atoms with Crippen molar-refractivity contribution < 1.29 is 14.7 Å². The van der Waals surface area contributed by atoms with E-state index in [4.69, 9.17) is 0 Å². The summed E-state index contributed by atoms with van der Waals surface area (Å²) in [5.74, 6) is -0.801. The molecule has 0 fully saturated rings. The topological polar surface area (TPSA) is 57.6 Å². The molecule has 0 bridgehead atoms. The number of nitrogens with zero attached hydrogens (tertiary/aromatic N) is 1. The third-order valence-electron chi connectivity index (χ3n) is 5.45.